The molecule has 2 amide bonds. The van der Waals surface area contributed by atoms with E-state index in [4.69, 9.17) is 10.6 Å². The minimum atomic E-state index is -0.688. The van der Waals surface area contributed by atoms with Crippen molar-refractivity contribution in [1.82, 2.24) is 4.90 Å². The van der Waals surface area contributed by atoms with Crippen LogP contribution < -0.4 is 5.73 Å². The number of non-ortho nitro benzene ring substituents is 1. The number of amides is 2. The van der Waals surface area contributed by atoms with Crippen molar-refractivity contribution in [2.75, 3.05) is 6.54 Å². The van der Waals surface area contributed by atoms with Crippen molar-refractivity contribution in [2.24, 2.45) is 10.9 Å². The van der Waals surface area contributed by atoms with Gasteiger partial charge in [-0.2, -0.15) is 0 Å². The molecule has 0 fully saturated rings. The summed E-state index contributed by atoms with van der Waals surface area (Å²) in [7, 11) is 0. The van der Waals surface area contributed by atoms with E-state index in [9.17, 15) is 24.5 Å². The Balaban J connectivity index is 1.49. The number of nitro benzene ring substituents is 1. The van der Waals surface area contributed by atoms with Gasteiger partial charge in [0.2, 0.25) is 0 Å². The predicted octanol–water partition coefficient (Wildman–Crippen LogP) is 1.83. The lowest BCUT2D eigenvalue weighted by Crippen LogP contribution is -2.31. The lowest BCUT2D eigenvalue weighted by molar-refractivity contribution is -0.384. The van der Waals surface area contributed by atoms with Crippen LogP contribution in [0.5, 0.6) is 0 Å². The molecule has 10 nitrogen and oxygen atoms in total. The van der Waals surface area contributed by atoms with Crippen molar-refractivity contribution < 1.29 is 24.1 Å². The zero-order valence-electron chi connectivity index (χ0n) is 15.1. The number of rotatable bonds is 7. The number of benzene rings is 2. The predicted molar refractivity (Wildman–Crippen MR) is 101 cm³/mol. The minimum Gasteiger partial charge on any atom is -0.380 e. The van der Waals surface area contributed by atoms with Gasteiger partial charge in [-0.15, -0.1) is 0 Å². The summed E-state index contributed by atoms with van der Waals surface area (Å²) in [5.74, 6) is -1.58. The number of hydrogen-bond donors (Lipinski definition) is 1. The third kappa shape index (κ3) is 4.26. The first-order valence-corrected chi connectivity index (χ1v) is 8.62. The smallest absolute Gasteiger partial charge is 0.335 e. The summed E-state index contributed by atoms with van der Waals surface area (Å²) in [6.07, 6.45) is 0.127. The maximum atomic E-state index is 12.2. The molecule has 0 saturated carbocycles. The largest absolute Gasteiger partial charge is 0.380 e. The quantitative estimate of drug-likeness (QED) is 0.188. The molecule has 10 heteroatoms. The van der Waals surface area contributed by atoms with Gasteiger partial charge in [-0.25, -0.2) is 4.79 Å². The number of nitrogens with two attached hydrogens (primary N) is 1. The van der Waals surface area contributed by atoms with Gasteiger partial charge in [0.1, 0.15) is 0 Å². The van der Waals surface area contributed by atoms with Crippen molar-refractivity contribution in [2.45, 2.75) is 12.8 Å². The van der Waals surface area contributed by atoms with Crippen LogP contribution in [-0.2, 0) is 9.63 Å². The summed E-state index contributed by atoms with van der Waals surface area (Å²) in [6, 6.07) is 11.8. The molecule has 3 rings (SSSR count). The number of carbonyl (C=O) groups is 3. The number of amidine groups is 1. The molecule has 148 valence electrons. The standard InChI is InChI=1S/C19H16N4O6/c20-17(12-7-9-13(10-8-12)23(27)28)21-29-16(24)6-3-11-22-18(25)14-4-1-2-5-15(14)19(22)26/h1-2,4-5,7-10H,3,6,11H2,(H2,20,21). The van der Waals surface area contributed by atoms with E-state index in [1.165, 1.54) is 24.3 Å². The van der Waals surface area contributed by atoms with Crippen LogP contribution in [-0.4, -0.2) is 40.0 Å². The molecule has 0 atom stereocenters. The first-order valence-electron chi connectivity index (χ1n) is 8.62. The van der Waals surface area contributed by atoms with Crippen LogP contribution in [0.2, 0.25) is 0 Å². The van der Waals surface area contributed by atoms with Crippen LogP contribution in [0.4, 0.5) is 5.69 Å². The van der Waals surface area contributed by atoms with Gasteiger partial charge in [-0.1, -0.05) is 17.3 Å². The zero-order valence-corrected chi connectivity index (χ0v) is 15.1. The summed E-state index contributed by atoms with van der Waals surface area (Å²) in [5, 5.41) is 14.1. The SMILES string of the molecule is N/C(=N/OC(=O)CCCN1C(=O)c2ccccc2C1=O)c1ccc([N+](=O)[O-])cc1. The van der Waals surface area contributed by atoms with Gasteiger partial charge >= 0.3 is 5.97 Å². The van der Waals surface area contributed by atoms with E-state index >= 15 is 0 Å². The molecular weight excluding hydrogens is 380 g/mol. The number of nitro groups is 1. The summed E-state index contributed by atoms with van der Waals surface area (Å²) < 4.78 is 0. The van der Waals surface area contributed by atoms with E-state index in [0.717, 1.165) is 4.90 Å². The maximum Gasteiger partial charge on any atom is 0.335 e. The van der Waals surface area contributed by atoms with Gasteiger partial charge in [-0.05, 0) is 30.7 Å². The molecule has 1 aliphatic rings. The second-order valence-corrected chi connectivity index (χ2v) is 6.15. The van der Waals surface area contributed by atoms with Gasteiger partial charge in [0, 0.05) is 30.7 Å². The molecule has 0 spiro atoms. The number of imide groups is 1. The van der Waals surface area contributed by atoms with E-state index < -0.39 is 10.9 Å². The van der Waals surface area contributed by atoms with E-state index in [-0.39, 0.29) is 42.7 Å². The van der Waals surface area contributed by atoms with E-state index in [1.807, 2.05) is 0 Å². The fraction of sp³-hybridized carbons (Fsp3) is 0.158. The van der Waals surface area contributed by atoms with Crippen molar-refractivity contribution in [3.63, 3.8) is 0 Å². The number of hydrogen-bond acceptors (Lipinski definition) is 7. The molecule has 0 unspecified atom stereocenters. The highest BCUT2D eigenvalue weighted by molar-refractivity contribution is 6.21. The zero-order chi connectivity index (χ0) is 21.0. The second-order valence-electron chi connectivity index (χ2n) is 6.15. The molecular formula is C19H16N4O6. The Morgan fingerprint density at radius 2 is 1.66 bits per heavy atom. The Morgan fingerprint density at radius 1 is 1.07 bits per heavy atom. The highest BCUT2D eigenvalue weighted by atomic mass is 16.7. The second kappa shape index (κ2) is 8.30. The van der Waals surface area contributed by atoms with Gasteiger partial charge in [0.05, 0.1) is 16.1 Å². The summed E-state index contributed by atoms with van der Waals surface area (Å²) in [4.78, 5) is 52.2. The molecule has 0 radical (unpaired) electrons. The molecule has 1 aliphatic heterocycles. The number of oxime groups is 1. The van der Waals surface area contributed by atoms with Crippen LogP contribution in [0.3, 0.4) is 0 Å². The Bertz CT molecular complexity index is 981. The van der Waals surface area contributed by atoms with E-state index in [0.29, 0.717) is 16.7 Å². The highest BCUT2D eigenvalue weighted by Crippen LogP contribution is 2.22. The topological polar surface area (TPSA) is 145 Å². The average Bonchev–Trinajstić information content (AvgIpc) is 2.97. The lowest BCUT2D eigenvalue weighted by atomic mass is 10.1. The third-order valence-corrected chi connectivity index (χ3v) is 4.26. The number of fused-ring (bicyclic) bond motifs is 1. The van der Waals surface area contributed by atoms with Crippen LogP contribution in [0.1, 0.15) is 39.1 Å². The van der Waals surface area contributed by atoms with Gasteiger partial charge in [-0.3, -0.25) is 24.6 Å². The van der Waals surface area contributed by atoms with Gasteiger partial charge in [0.15, 0.2) is 5.84 Å². The Labute approximate surface area is 164 Å². The first kappa shape index (κ1) is 19.7. The summed E-state index contributed by atoms with van der Waals surface area (Å²) in [6.45, 7) is 0.0724. The van der Waals surface area contributed by atoms with Crippen molar-refractivity contribution >= 4 is 29.3 Å². The average molecular weight is 396 g/mol. The molecule has 0 saturated heterocycles. The molecule has 2 aromatic rings. The molecule has 2 N–H and O–H groups in total. The third-order valence-electron chi connectivity index (χ3n) is 4.26. The van der Waals surface area contributed by atoms with Crippen LogP contribution in [0, 0.1) is 10.1 Å². The minimum absolute atomic E-state index is 0.0724. The van der Waals surface area contributed by atoms with Gasteiger partial charge < -0.3 is 10.6 Å². The van der Waals surface area contributed by atoms with Crippen LogP contribution in [0.25, 0.3) is 0 Å². The first-order chi connectivity index (χ1) is 13.9. The Kier molecular flexibility index (Phi) is 5.63. The molecule has 0 bridgehead atoms. The molecule has 0 aromatic heterocycles. The maximum absolute atomic E-state index is 12.2. The summed E-state index contributed by atoms with van der Waals surface area (Å²) >= 11 is 0. The van der Waals surface area contributed by atoms with E-state index in [1.54, 1.807) is 24.3 Å². The van der Waals surface area contributed by atoms with E-state index in [2.05, 4.69) is 5.16 Å². The Morgan fingerprint density at radius 3 is 2.21 bits per heavy atom. The van der Waals surface area contributed by atoms with Crippen molar-refractivity contribution in [3.05, 3.63) is 75.3 Å². The van der Waals surface area contributed by atoms with Gasteiger partial charge in [0.25, 0.3) is 17.5 Å². The van der Waals surface area contributed by atoms with Crippen LogP contribution in [0.15, 0.2) is 53.7 Å². The molecule has 29 heavy (non-hydrogen) atoms. The number of carbonyl (C=O) groups excluding carboxylic acids is 3. The molecule has 0 aliphatic carbocycles. The summed E-state index contributed by atoms with van der Waals surface area (Å²) in [5.41, 5.74) is 6.63. The number of nitrogens with zero attached hydrogens (tertiary/aromatic N) is 3. The highest BCUT2D eigenvalue weighted by Gasteiger charge is 2.34. The van der Waals surface area contributed by atoms with Crippen molar-refractivity contribution in [1.29, 1.82) is 0 Å². The molecule has 2 aromatic carbocycles. The normalized spacial score (nSPS) is 13.4. The fourth-order valence-electron chi connectivity index (χ4n) is 2.78. The fourth-order valence-corrected chi connectivity index (χ4v) is 2.78. The monoisotopic (exact) mass is 396 g/mol. The van der Waals surface area contributed by atoms with Crippen molar-refractivity contribution in [3.8, 4) is 0 Å². The van der Waals surface area contributed by atoms with Crippen LogP contribution >= 0.6 is 0 Å². The Hall–Kier alpha value is -4.08. The molecule has 1 heterocycles. The lowest BCUT2D eigenvalue weighted by Gasteiger charge is -2.12.